The molecule has 0 saturated heterocycles. The van der Waals surface area contributed by atoms with Crippen LogP contribution in [-0.2, 0) is 0 Å². The van der Waals surface area contributed by atoms with Gasteiger partial charge in [0.1, 0.15) is 0 Å². The van der Waals surface area contributed by atoms with Gasteiger partial charge in [-0.1, -0.05) is 0 Å². The molecule has 58 valence electrons. The molecule has 0 fully saturated rings. The molecular formula is C8H8O2Se. The Bertz CT molecular complexity index is 253. The zero-order chi connectivity index (χ0) is 8.27. The molecule has 11 heavy (non-hydrogen) atoms. The number of benzene rings is 1. The Morgan fingerprint density at radius 3 is 2.27 bits per heavy atom. The van der Waals surface area contributed by atoms with Gasteiger partial charge in [0.05, 0.1) is 0 Å². The van der Waals surface area contributed by atoms with E-state index in [2.05, 4.69) is 5.82 Å². The average molecular weight is 215 g/mol. The normalized spacial score (nSPS) is 9.55. The van der Waals surface area contributed by atoms with Gasteiger partial charge in [0.15, 0.2) is 0 Å². The molecule has 0 amide bonds. The molecular weight excluding hydrogens is 207 g/mol. The molecule has 1 N–H and O–H groups in total. The third-order valence-electron chi connectivity index (χ3n) is 1.34. The van der Waals surface area contributed by atoms with E-state index in [9.17, 15) is 4.79 Å². The number of carbonyl (C=O) groups is 1. The summed E-state index contributed by atoms with van der Waals surface area (Å²) in [4.78, 5) is 10.4. The van der Waals surface area contributed by atoms with Gasteiger partial charge < -0.3 is 0 Å². The van der Waals surface area contributed by atoms with Crippen molar-refractivity contribution in [3.05, 3.63) is 29.8 Å². The fourth-order valence-corrected chi connectivity index (χ4v) is 1.59. The summed E-state index contributed by atoms with van der Waals surface area (Å²) < 4.78 is 1.22. The third kappa shape index (κ3) is 2.07. The first-order valence-electron chi connectivity index (χ1n) is 3.11. The van der Waals surface area contributed by atoms with E-state index in [4.69, 9.17) is 5.11 Å². The van der Waals surface area contributed by atoms with E-state index in [-0.39, 0.29) is 0 Å². The van der Waals surface area contributed by atoms with Crippen LogP contribution in [0.25, 0.3) is 0 Å². The summed E-state index contributed by atoms with van der Waals surface area (Å²) in [5.74, 6) is 1.24. The van der Waals surface area contributed by atoms with Crippen molar-refractivity contribution in [2.75, 3.05) is 0 Å². The maximum absolute atomic E-state index is 10.4. The van der Waals surface area contributed by atoms with Crippen molar-refractivity contribution < 1.29 is 9.90 Å². The summed E-state index contributed by atoms with van der Waals surface area (Å²) >= 11 is 0.455. The van der Waals surface area contributed by atoms with Gasteiger partial charge in [0, 0.05) is 0 Å². The van der Waals surface area contributed by atoms with Crippen molar-refractivity contribution in [2.24, 2.45) is 0 Å². The molecule has 0 atom stereocenters. The molecule has 1 aromatic carbocycles. The molecule has 1 rings (SSSR count). The molecule has 0 saturated carbocycles. The van der Waals surface area contributed by atoms with Gasteiger partial charge >= 0.3 is 70.9 Å². The molecule has 0 bridgehead atoms. The summed E-state index contributed by atoms with van der Waals surface area (Å²) in [5.41, 5.74) is 0.359. The van der Waals surface area contributed by atoms with E-state index in [1.165, 1.54) is 4.46 Å². The predicted molar refractivity (Wildman–Crippen MR) is 44.7 cm³/mol. The Balaban J connectivity index is 2.91. The van der Waals surface area contributed by atoms with E-state index in [1.807, 2.05) is 12.1 Å². The van der Waals surface area contributed by atoms with E-state index >= 15 is 0 Å². The van der Waals surface area contributed by atoms with Gasteiger partial charge in [0.25, 0.3) is 0 Å². The van der Waals surface area contributed by atoms with Gasteiger partial charge in [-0.3, -0.25) is 0 Å². The monoisotopic (exact) mass is 216 g/mol. The van der Waals surface area contributed by atoms with Crippen molar-refractivity contribution in [3.8, 4) is 0 Å². The second kappa shape index (κ2) is 3.56. The number of aromatic carboxylic acids is 1. The first-order valence-corrected chi connectivity index (χ1v) is 5.68. The number of rotatable bonds is 2. The molecule has 3 heteroatoms. The molecule has 0 spiro atoms. The Morgan fingerprint density at radius 1 is 1.36 bits per heavy atom. The van der Waals surface area contributed by atoms with Crippen LogP contribution in [0.3, 0.4) is 0 Å². The van der Waals surface area contributed by atoms with E-state index in [0.717, 1.165) is 0 Å². The molecule has 0 aromatic heterocycles. The van der Waals surface area contributed by atoms with Gasteiger partial charge in [-0.05, 0) is 0 Å². The summed E-state index contributed by atoms with van der Waals surface area (Å²) in [5, 5.41) is 8.55. The van der Waals surface area contributed by atoms with Gasteiger partial charge in [-0.2, -0.15) is 0 Å². The molecule has 0 heterocycles. The van der Waals surface area contributed by atoms with Crippen LogP contribution >= 0.6 is 0 Å². The van der Waals surface area contributed by atoms with Crippen LogP contribution in [0.15, 0.2) is 24.3 Å². The van der Waals surface area contributed by atoms with Crippen molar-refractivity contribution >= 4 is 25.4 Å². The predicted octanol–water partition coefficient (Wildman–Crippen LogP) is 0.762. The minimum atomic E-state index is -0.861. The van der Waals surface area contributed by atoms with E-state index < -0.39 is 5.97 Å². The Hall–Kier alpha value is -0.791. The van der Waals surface area contributed by atoms with Crippen LogP contribution in [0, 0.1) is 0 Å². The van der Waals surface area contributed by atoms with E-state index in [0.29, 0.717) is 20.5 Å². The minimum absolute atomic E-state index is 0.359. The molecule has 0 aliphatic rings. The van der Waals surface area contributed by atoms with Crippen molar-refractivity contribution in [1.29, 1.82) is 0 Å². The van der Waals surface area contributed by atoms with Crippen LogP contribution < -0.4 is 4.46 Å². The molecule has 1 aromatic rings. The summed E-state index contributed by atoms with van der Waals surface area (Å²) in [6.07, 6.45) is 0. The van der Waals surface area contributed by atoms with Crippen LogP contribution in [0.1, 0.15) is 10.4 Å². The summed E-state index contributed by atoms with van der Waals surface area (Å²) in [7, 11) is 0. The van der Waals surface area contributed by atoms with Crippen LogP contribution in [0.5, 0.6) is 0 Å². The molecule has 0 aliphatic carbocycles. The first-order chi connectivity index (χ1) is 5.24. The van der Waals surface area contributed by atoms with Crippen LogP contribution in [-0.4, -0.2) is 26.0 Å². The summed E-state index contributed by atoms with van der Waals surface area (Å²) in [6.45, 7) is 0. The number of carboxylic acid groups (broad SMARTS) is 1. The number of hydrogen-bond donors (Lipinski definition) is 1. The molecule has 0 aliphatic heterocycles. The zero-order valence-corrected chi connectivity index (χ0v) is 7.79. The standard InChI is InChI=1S/C8H8O2Se/c1-11-7-4-2-6(3-5-7)8(9)10/h2-5H,1H3,(H,9,10). The first kappa shape index (κ1) is 8.31. The van der Waals surface area contributed by atoms with Gasteiger partial charge in [-0.15, -0.1) is 0 Å². The quantitative estimate of drug-likeness (QED) is 0.739. The fraction of sp³-hybridized carbons (Fsp3) is 0.125. The Morgan fingerprint density at radius 2 is 1.91 bits per heavy atom. The molecule has 0 radical (unpaired) electrons. The summed E-state index contributed by atoms with van der Waals surface area (Å²) in [6, 6.07) is 7.01. The maximum atomic E-state index is 10.4. The SMILES string of the molecule is C[Se]c1ccc(C(=O)O)cc1. The van der Waals surface area contributed by atoms with Crippen molar-refractivity contribution in [2.45, 2.75) is 5.82 Å². The molecule has 0 unspecified atom stereocenters. The van der Waals surface area contributed by atoms with Crippen molar-refractivity contribution in [3.63, 3.8) is 0 Å². The number of carboxylic acids is 1. The van der Waals surface area contributed by atoms with Gasteiger partial charge in [0.2, 0.25) is 0 Å². The zero-order valence-electron chi connectivity index (χ0n) is 6.07. The topological polar surface area (TPSA) is 37.3 Å². The number of hydrogen-bond acceptors (Lipinski definition) is 1. The second-order valence-electron chi connectivity index (χ2n) is 2.03. The van der Waals surface area contributed by atoms with Crippen molar-refractivity contribution in [1.82, 2.24) is 0 Å². The van der Waals surface area contributed by atoms with E-state index in [1.54, 1.807) is 12.1 Å². The average Bonchev–Trinajstić information content (AvgIpc) is 2.05. The van der Waals surface area contributed by atoms with Gasteiger partial charge in [-0.25, -0.2) is 0 Å². The van der Waals surface area contributed by atoms with Crippen LogP contribution in [0.4, 0.5) is 0 Å². The second-order valence-corrected chi connectivity index (χ2v) is 3.88. The molecule has 2 nitrogen and oxygen atoms in total. The third-order valence-corrected chi connectivity index (χ3v) is 2.90. The van der Waals surface area contributed by atoms with Crippen LogP contribution in [0.2, 0.25) is 5.82 Å². The Labute approximate surface area is 71.4 Å². The fourth-order valence-electron chi connectivity index (χ4n) is 0.734. The Kier molecular flexibility index (Phi) is 2.69.